The minimum Gasteiger partial charge on any atom is -0.437 e. The fourth-order valence-electron chi connectivity index (χ4n) is 2.64. The van der Waals surface area contributed by atoms with Gasteiger partial charge in [-0.3, -0.25) is 9.59 Å². The fraction of sp³-hybridized carbons (Fsp3) is 0.200. The predicted molar refractivity (Wildman–Crippen MR) is 108 cm³/mol. The number of nitrogens with zero attached hydrogens (tertiary/aromatic N) is 2. The molecule has 2 amide bonds. The molecule has 0 aliphatic rings. The van der Waals surface area contributed by atoms with Gasteiger partial charge in [0.05, 0.1) is 18.4 Å². The van der Waals surface area contributed by atoms with Crippen LogP contribution >= 0.6 is 0 Å². The SMILES string of the molecule is C=CC(=O)Nc1cccc(Oc2cnc3[nH]cc(C(=O)N[C@@H](C)COC)c3n2)c1. The van der Waals surface area contributed by atoms with Gasteiger partial charge in [-0.25, -0.2) is 9.97 Å². The Morgan fingerprint density at radius 2 is 2.21 bits per heavy atom. The van der Waals surface area contributed by atoms with Crippen molar-refractivity contribution < 1.29 is 19.1 Å². The Kier molecular flexibility index (Phi) is 6.20. The number of carbonyl (C=O) groups excluding carboxylic acids is 2. The van der Waals surface area contributed by atoms with E-state index in [2.05, 4.69) is 32.2 Å². The number of aromatic nitrogens is 3. The van der Waals surface area contributed by atoms with Gasteiger partial charge in [0.15, 0.2) is 5.65 Å². The lowest BCUT2D eigenvalue weighted by atomic mass is 10.2. The van der Waals surface area contributed by atoms with Gasteiger partial charge in [-0.1, -0.05) is 12.6 Å². The van der Waals surface area contributed by atoms with Gasteiger partial charge in [0.25, 0.3) is 5.91 Å². The minimum absolute atomic E-state index is 0.154. The molecule has 0 radical (unpaired) electrons. The zero-order chi connectivity index (χ0) is 20.8. The lowest BCUT2D eigenvalue weighted by Gasteiger charge is -2.12. The van der Waals surface area contributed by atoms with Crippen molar-refractivity contribution in [3.8, 4) is 11.6 Å². The van der Waals surface area contributed by atoms with Gasteiger partial charge < -0.3 is 25.1 Å². The number of hydrogen-bond donors (Lipinski definition) is 3. The standard InChI is InChI=1S/C20H21N5O4/c1-4-16(26)24-13-6-5-7-14(8-13)29-17-10-22-19-18(25-17)15(9-21-19)20(27)23-12(2)11-28-3/h4-10,12H,1,11H2,2-3H3,(H,21,22)(H,23,27)(H,24,26)/t12-/m0/s1. The first-order valence-corrected chi connectivity index (χ1v) is 8.85. The summed E-state index contributed by atoms with van der Waals surface area (Å²) in [5, 5.41) is 5.49. The van der Waals surface area contributed by atoms with Crippen LogP contribution in [0.3, 0.4) is 0 Å². The zero-order valence-corrected chi connectivity index (χ0v) is 16.1. The van der Waals surface area contributed by atoms with E-state index in [9.17, 15) is 9.59 Å². The summed E-state index contributed by atoms with van der Waals surface area (Å²) in [5.74, 6) is 0.0504. The minimum atomic E-state index is -0.325. The molecule has 3 aromatic rings. The van der Waals surface area contributed by atoms with Crippen molar-refractivity contribution in [2.75, 3.05) is 19.0 Å². The maximum Gasteiger partial charge on any atom is 0.255 e. The van der Waals surface area contributed by atoms with E-state index in [1.165, 1.54) is 12.3 Å². The lowest BCUT2D eigenvalue weighted by Crippen LogP contribution is -2.35. The van der Waals surface area contributed by atoms with Crippen LogP contribution in [0.2, 0.25) is 0 Å². The van der Waals surface area contributed by atoms with E-state index < -0.39 is 0 Å². The molecule has 0 aliphatic heterocycles. The number of rotatable bonds is 8. The van der Waals surface area contributed by atoms with Crippen molar-refractivity contribution in [2.45, 2.75) is 13.0 Å². The van der Waals surface area contributed by atoms with E-state index >= 15 is 0 Å². The first-order chi connectivity index (χ1) is 14.0. The molecule has 29 heavy (non-hydrogen) atoms. The van der Waals surface area contributed by atoms with E-state index in [4.69, 9.17) is 9.47 Å². The van der Waals surface area contributed by atoms with Gasteiger partial charge in [0.1, 0.15) is 11.3 Å². The molecule has 0 bridgehead atoms. The Balaban J connectivity index is 1.81. The average Bonchev–Trinajstić information content (AvgIpc) is 3.11. The third-order valence-electron chi connectivity index (χ3n) is 3.91. The van der Waals surface area contributed by atoms with Crippen molar-refractivity contribution in [3.63, 3.8) is 0 Å². The second-order valence-electron chi connectivity index (χ2n) is 6.26. The fourth-order valence-corrected chi connectivity index (χ4v) is 2.64. The van der Waals surface area contributed by atoms with Crippen LogP contribution < -0.4 is 15.4 Å². The number of methoxy groups -OCH3 is 1. The molecule has 3 rings (SSSR count). The van der Waals surface area contributed by atoms with Crippen molar-refractivity contribution in [1.29, 1.82) is 0 Å². The Morgan fingerprint density at radius 3 is 2.97 bits per heavy atom. The molecule has 0 saturated heterocycles. The second-order valence-corrected chi connectivity index (χ2v) is 6.26. The van der Waals surface area contributed by atoms with Crippen LogP contribution in [0.25, 0.3) is 11.2 Å². The summed E-state index contributed by atoms with van der Waals surface area (Å²) in [5.41, 5.74) is 1.76. The summed E-state index contributed by atoms with van der Waals surface area (Å²) in [6.45, 7) is 5.65. The molecule has 0 fully saturated rings. The molecular weight excluding hydrogens is 374 g/mol. The maximum absolute atomic E-state index is 12.5. The highest BCUT2D eigenvalue weighted by molar-refractivity contribution is 6.04. The van der Waals surface area contributed by atoms with Crippen LogP contribution in [0.4, 0.5) is 5.69 Å². The van der Waals surface area contributed by atoms with Crippen LogP contribution in [-0.4, -0.2) is 46.5 Å². The lowest BCUT2D eigenvalue weighted by molar-refractivity contribution is -0.111. The van der Waals surface area contributed by atoms with Crippen molar-refractivity contribution in [3.05, 3.63) is 54.9 Å². The Labute approximate surface area is 167 Å². The van der Waals surface area contributed by atoms with E-state index in [1.54, 1.807) is 37.6 Å². The molecule has 0 saturated carbocycles. The Morgan fingerprint density at radius 1 is 1.38 bits per heavy atom. The van der Waals surface area contributed by atoms with Gasteiger partial charge in [-0.2, -0.15) is 0 Å². The molecule has 1 atom stereocenters. The number of anilines is 1. The monoisotopic (exact) mass is 395 g/mol. The number of nitrogens with one attached hydrogen (secondary N) is 3. The molecule has 0 unspecified atom stereocenters. The first-order valence-electron chi connectivity index (χ1n) is 8.85. The number of ether oxygens (including phenoxy) is 2. The molecule has 1 aromatic carbocycles. The summed E-state index contributed by atoms with van der Waals surface area (Å²) < 4.78 is 10.8. The molecule has 150 valence electrons. The van der Waals surface area contributed by atoms with E-state index in [-0.39, 0.29) is 23.7 Å². The van der Waals surface area contributed by atoms with Gasteiger partial charge in [0.2, 0.25) is 11.8 Å². The third kappa shape index (κ3) is 4.96. The number of hydrogen-bond acceptors (Lipinski definition) is 6. The third-order valence-corrected chi connectivity index (χ3v) is 3.91. The number of H-pyrrole nitrogens is 1. The van der Waals surface area contributed by atoms with Gasteiger partial charge in [-0.15, -0.1) is 0 Å². The number of benzene rings is 1. The number of carbonyl (C=O) groups is 2. The molecule has 0 spiro atoms. The number of aromatic amines is 1. The van der Waals surface area contributed by atoms with E-state index in [1.807, 2.05) is 6.92 Å². The van der Waals surface area contributed by atoms with Crippen molar-refractivity contribution in [1.82, 2.24) is 20.3 Å². The normalized spacial score (nSPS) is 11.7. The summed E-state index contributed by atoms with van der Waals surface area (Å²) in [6, 6.07) is 6.65. The summed E-state index contributed by atoms with van der Waals surface area (Å²) >= 11 is 0. The summed E-state index contributed by atoms with van der Waals surface area (Å²) in [6.07, 6.45) is 4.18. The highest BCUT2D eigenvalue weighted by Crippen LogP contribution is 2.24. The zero-order valence-electron chi connectivity index (χ0n) is 16.1. The van der Waals surface area contributed by atoms with Crippen LogP contribution in [0, 0.1) is 0 Å². The van der Waals surface area contributed by atoms with Crippen molar-refractivity contribution in [2.24, 2.45) is 0 Å². The van der Waals surface area contributed by atoms with Crippen LogP contribution in [-0.2, 0) is 9.53 Å². The molecular formula is C20H21N5O4. The Bertz CT molecular complexity index is 1050. The number of amides is 2. The Hall–Kier alpha value is -3.72. The molecule has 0 aliphatic carbocycles. The van der Waals surface area contributed by atoms with Crippen LogP contribution in [0.15, 0.2) is 49.3 Å². The average molecular weight is 395 g/mol. The van der Waals surface area contributed by atoms with Gasteiger partial charge >= 0.3 is 0 Å². The topological polar surface area (TPSA) is 118 Å². The molecule has 2 heterocycles. The molecule has 3 N–H and O–H groups in total. The quantitative estimate of drug-likeness (QED) is 0.505. The van der Waals surface area contributed by atoms with E-state index in [0.717, 1.165) is 0 Å². The van der Waals surface area contributed by atoms with Crippen LogP contribution in [0.5, 0.6) is 11.6 Å². The smallest absolute Gasteiger partial charge is 0.255 e. The van der Waals surface area contributed by atoms with Crippen LogP contribution in [0.1, 0.15) is 17.3 Å². The summed E-state index contributed by atoms with van der Waals surface area (Å²) in [4.78, 5) is 35.5. The second kappa shape index (κ2) is 8.98. The highest BCUT2D eigenvalue weighted by Gasteiger charge is 2.17. The molecule has 9 heteroatoms. The summed E-state index contributed by atoms with van der Waals surface area (Å²) in [7, 11) is 1.57. The van der Waals surface area contributed by atoms with Gasteiger partial charge in [0, 0.05) is 31.1 Å². The predicted octanol–water partition coefficient (Wildman–Crippen LogP) is 2.64. The molecule has 2 aromatic heterocycles. The highest BCUT2D eigenvalue weighted by atomic mass is 16.5. The van der Waals surface area contributed by atoms with E-state index in [0.29, 0.717) is 34.8 Å². The molecule has 9 nitrogen and oxygen atoms in total. The van der Waals surface area contributed by atoms with Crippen molar-refractivity contribution >= 4 is 28.7 Å². The van der Waals surface area contributed by atoms with Gasteiger partial charge in [-0.05, 0) is 25.1 Å². The first kappa shape index (κ1) is 20.0. The largest absolute Gasteiger partial charge is 0.437 e. The number of fused-ring (bicyclic) bond motifs is 1. The maximum atomic E-state index is 12.5.